The van der Waals surface area contributed by atoms with E-state index in [1.165, 1.54) is 32.1 Å². The van der Waals surface area contributed by atoms with Crippen LogP contribution in [-0.4, -0.2) is 87.8 Å². The van der Waals surface area contributed by atoms with Crippen molar-refractivity contribution in [2.75, 3.05) is 70.6 Å². The number of nitrogens with one attached hydrogen (secondary N) is 2. The molecule has 0 radical (unpaired) electrons. The van der Waals surface area contributed by atoms with Crippen LogP contribution in [0, 0.1) is 0 Å². The third kappa shape index (κ3) is 25.6. The highest BCUT2D eigenvalue weighted by Crippen LogP contribution is 2.17. The normalized spacial score (nSPS) is 12.1. The Kier molecular flexibility index (Phi) is 31.1. The highest BCUT2D eigenvalue weighted by atomic mass is 16.5. The van der Waals surface area contributed by atoms with Gasteiger partial charge in [-0.3, -0.25) is 19.2 Å². The molecule has 0 aliphatic rings. The molecule has 314 valence electrons. The Bertz CT molecular complexity index is 1140. The van der Waals surface area contributed by atoms with Gasteiger partial charge in [0.15, 0.2) is 0 Å². The van der Waals surface area contributed by atoms with Crippen molar-refractivity contribution in [1.29, 1.82) is 0 Å². The number of carbonyl (C=O) groups excluding carboxylic acids is 2. The molecule has 1 unspecified atom stereocenters. The smallest absolute Gasteiger partial charge is 0.306 e. The largest absolute Gasteiger partial charge is 0.466 e. The second-order valence-electron chi connectivity index (χ2n) is 15.7. The van der Waals surface area contributed by atoms with Crippen LogP contribution in [0.15, 0.2) is 9.59 Å². The Labute approximate surface area is 330 Å². The maximum Gasteiger partial charge on any atom is 0.306 e. The predicted octanol–water partition coefficient (Wildman–Crippen LogP) is 9.24. The second kappa shape index (κ2) is 33.8. The van der Waals surface area contributed by atoms with E-state index in [0.29, 0.717) is 43.9 Å². The molecule has 0 saturated carbocycles. The Morgan fingerprint density at radius 3 is 1.63 bits per heavy atom. The van der Waals surface area contributed by atoms with Gasteiger partial charge in [0, 0.05) is 32.5 Å². The first-order valence-corrected chi connectivity index (χ1v) is 22.3. The monoisotopic (exact) mass is 763 g/mol. The van der Waals surface area contributed by atoms with E-state index < -0.39 is 10.9 Å². The molecule has 0 amide bonds. The van der Waals surface area contributed by atoms with Crippen LogP contribution in [0.3, 0.4) is 0 Å². The van der Waals surface area contributed by atoms with Crippen LogP contribution in [0.25, 0.3) is 0 Å². The summed E-state index contributed by atoms with van der Waals surface area (Å²) in [6.45, 7) is 12.2. The fourth-order valence-corrected chi connectivity index (χ4v) is 6.78. The number of esters is 2. The lowest BCUT2D eigenvalue weighted by Gasteiger charge is -2.23. The molecule has 2 N–H and O–H groups in total. The first-order chi connectivity index (χ1) is 26.2. The van der Waals surface area contributed by atoms with E-state index in [1.807, 2.05) is 19.0 Å². The van der Waals surface area contributed by atoms with Crippen molar-refractivity contribution in [3.05, 3.63) is 20.4 Å². The summed E-state index contributed by atoms with van der Waals surface area (Å²) in [5.41, 5.74) is -0.00147. The van der Waals surface area contributed by atoms with Crippen LogP contribution < -0.4 is 21.5 Å². The van der Waals surface area contributed by atoms with Gasteiger partial charge in [-0.25, -0.2) is 0 Å². The van der Waals surface area contributed by atoms with Gasteiger partial charge in [-0.05, 0) is 91.5 Å². The molecule has 1 aromatic rings. The van der Waals surface area contributed by atoms with Crippen LogP contribution >= 0.6 is 0 Å². The summed E-state index contributed by atoms with van der Waals surface area (Å²) < 4.78 is 11.3. The maximum atomic E-state index is 12.5. The Morgan fingerprint density at radius 2 is 1.02 bits per heavy atom. The number of rotatable bonds is 39. The van der Waals surface area contributed by atoms with Crippen molar-refractivity contribution >= 4 is 23.3 Å². The first kappa shape index (κ1) is 49.6. The lowest BCUT2D eigenvalue weighted by Crippen LogP contribution is -2.39. The zero-order valence-electron chi connectivity index (χ0n) is 35.5. The van der Waals surface area contributed by atoms with Crippen LogP contribution in [0.4, 0.5) is 11.4 Å². The third-order valence-electron chi connectivity index (χ3n) is 10.3. The molecule has 0 aromatic heterocycles. The molecular weight excluding hydrogens is 681 g/mol. The number of nitrogens with zero attached hydrogens (tertiary/aromatic N) is 2. The molecule has 0 saturated heterocycles. The van der Waals surface area contributed by atoms with Gasteiger partial charge in [-0.15, -0.1) is 0 Å². The molecule has 0 spiro atoms. The zero-order chi connectivity index (χ0) is 39.7. The van der Waals surface area contributed by atoms with E-state index in [2.05, 4.69) is 36.3 Å². The van der Waals surface area contributed by atoms with E-state index >= 15 is 0 Å². The number of anilines is 2. The predicted molar refractivity (Wildman–Crippen MR) is 227 cm³/mol. The quantitative estimate of drug-likeness (QED) is 0.0382. The van der Waals surface area contributed by atoms with Gasteiger partial charge in [0.2, 0.25) is 0 Å². The SMILES string of the molecule is CCCCCCCOC(=O)CCCCCCCN(CCCCCCCC(=O)OC(CCCC)CCCCC)CCCNc1c(NCCN(C)C)c(=O)c1=O. The minimum Gasteiger partial charge on any atom is -0.466 e. The summed E-state index contributed by atoms with van der Waals surface area (Å²) in [5.74, 6) is -0.0834. The van der Waals surface area contributed by atoms with Crippen molar-refractivity contribution in [3.63, 3.8) is 0 Å². The van der Waals surface area contributed by atoms with Gasteiger partial charge in [0.25, 0.3) is 10.9 Å². The van der Waals surface area contributed by atoms with Gasteiger partial charge in [-0.1, -0.05) is 111 Å². The first-order valence-electron chi connectivity index (χ1n) is 22.3. The summed E-state index contributed by atoms with van der Waals surface area (Å²) in [7, 11) is 3.95. The van der Waals surface area contributed by atoms with E-state index in [1.54, 1.807) is 0 Å². The molecule has 54 heavy (non-hydrogen) atoms. The molecule has 1 aromatic carbocycles. The van der Waals surface area contributed by atoms with Crippen LogP contribution in [0.2, 0.25) is 0 Å². The molecule has 0 bridgehead atoms. The Balaban J connectivity index is 2.41. The molecule has 0 aliphatic heterocycles. The molecule has 0 aliphatic carbocycles. The van der Waals surface area contributed by atoms with E-state index in [4.69, 9.17) is 9.47 Å². The zero-order valence-corrected chi connectivity index (χ0v) is 35.5. The fourth-order valence-electron chi connectivity index (χ4n) is 6.78. The standard InChI is InChI=1S/C44H82N4O6/c1-6-9-12-19-25-37-53-39(49)29-21-15-13-17-23-33-48(35-26-31-45-41-42(44(52)43(41)51)46-32-36-47(4)5)34-24-18-14-16-22-30-40(50)54-38(27-11-8-3)28-20-10-7-2/h38,45-46H,6-37H2,1-5H3. The van der Waals surface area contributed by atoms with Gasteiger partial charge in [0.05, 0.1) is 6.61 Å². The number of unbranched alkanes of at least 4 members (excludes halogenated alkanes) is 15. The lowest BCUT2D eigenvalue weighted by molar-refractivity contribution is -0.150. The fraction of sp³-hybridized carbons (Fsp3) is 0.864. The molecule has 0 heterocycles. The van der Waals surface area contributed by atoms with Gasteiger partial charge < -0.3 is 29.9 Å². The molecule has 0 fully saturated rings. The molecule has 10 heteroatoms. The average Bonchev–Trinajstić information content (AvgIpc) is 3.15. The number of hydrogen-bond donors (Lipinski definition) is 2. The maximum absolute atomic E-state index is 12.5. The third-order valence-corrected chi connectivity index (χ3v) is 10.3. The summed E-state index contributed by atoms with van der Waals surface area (Å²) in [6.07, 6.45) is 26.2. The van der Waals surface area contributed by atoms with E-state index in [9.17, 15) is 19.2 Å². The Morgan fingerprint density at radius 1 is 0.537 bits per heavy atom. The average molecular weight is 763 g/mol. The van der Waals surface area contributed by atoms with Crippen molar-refractivity contribution in [2.24, 2.45) is 0 Å². The van der Waals surface area contributed by atoms with E-state index in [-0.39, 0.29) is 18.0 Å². The van der Waals surface area contributed by atoms with Gasteiger partial charge in [0.1, 0.15) is 17.5 Å². The summed E-state index contributed by atoms with van der Waals surface area (Å²) >= 11 is 0. The summed E-state index contributed by atoms with van der Waals surface area (Å²) in [4.78, 5) is 53.5. The highest BCUT2D eigenvalue weighted by molar-refractivity contribution is 5.74. The van der Waals surface area contributed by atoms with Crippen molar-refractivity contribution in [3.8, 4) is 0 Å². The molecule has 1 atom stereocenters. The van der Waals surface area contributed by atoms with Crippen LogP contribution in [0.5, 0.6) is 0 Å². The van der Waals surface area contributed by atoms with Crippen molar-refractivity contribution < 1.29 is 19.1 Å². The number of ether oxygens (including phenoxy) is 2. The Hall–Kier alpha value is -2.46. The van der Waals surface area contributed by atoms with Crippen molar-refractivity contribution in [2.45, 2.75) is 187 Å². The summed E-state index contributed by atoms with van der Waals surface area (Å²) in [6, 6.07) is 0. The van der Waals surface area contributed by atoms with Gasteiger partial charge >= 0.3 is 11.9 Å². The van der Waals surface area contributed by atoms with Crippen molar-refractivity contribution in [1.82, 2.24) is 9.80 Å². The minimum atomic E-state index is -0.428. The van der Waals surface area contributed by atoms with Gasteiger partial charge in [-0.2, -0.15) is 0 Å². The molecule has 10 nitrogen and oxygen atoms in total. The van der Waals surface area contributed by atoms with Crippen LogP contribution in [0.1, 0.15) is 181 Å². The summed E-state index contributed by atoms with van der Waals surface area (Å²) in [5, 5.41) is 6.36. The highest BCUT2D eigenvalue weighted by Gasteiger charge is 2.20. The molecular formula is C44H82N4O6. The molecule has 1 rings (SSSR count). The number of likely N-dealkylation sites (N-methyl/N-ethyl adjacent to an activating group) is 1. The topological polar surface area (TPSA) is 117 Å². The second-order valence-corrected chi connectivity index (χ2v) is 15.7. The lowest BCUT2D eigenvalue weighted by atomic mass is 10.1. The number of carbonyl (C=O) groups is 2. The van der Waals surface area contributed by atoms with Crippen LogP contribution in [-0.2, 0) is 19.1 Å². The minimum absolute atomic E-state index is 0.0271. The number of hydrogen-bond acceptors (Lipinski definition) is 10. The van der Waals surface area contributed by atoms with E-state index in [0.717, 1.165) is 142 Å².